The maximum absolute atomic E-state index is 12.4. The van der Waals surface area contributed by atoms with Gasteiger partial charge in [0.2, 0.25) is 11.8 Å². The molecule has 1 atom stereocenters. The van der Waals surface area contributed by atoms with E-state index in [4.69, 9.17) is 5.11 Å². The highest BCUT2D eigenvalue weighted by molar-refractivity contribution is 5.89. The first kappa shape index (κ1) is 14.3. The summed E-state index contributed by atoms with van der Waals surface area (Å²) < 4.78 is 0. The molecular formula is C14H24N2O3. The van der Waals surface area contributed by atoms with Crippen LogP contribution in [-0.2, 0) is 9.59 Å². The van der Waals surface area contributed by atoms with Gasteiger partial charge < -0.3 is 14.9 Å². The molecule has 1 aliphatic carbocycles. The van der Waals surface area contributed by atoms with Crippen molar-refractivity contribution in [2.24, 2.45) is 11.8 Å². The van der Waals surface area contributed by atoms with E-state index in [0.717, 1.165) is 19.4 Å². The minimum Gasteiger partial charge on any atom is -0.395 e. The van der Waals surface area contributed by atoms with Crippen molar-refractivity contribution in [1.82, 2.24) is 9.80 Å². The molecule has 1 aliphatic heterocycles. The van der Waals surface area contributed by atoms with Crippen LogP contribution in [0.4, 0.5) is 0 Å². The topological polar surface area (TPSA) is 60.9 Å². The summed E-state index contributed by atoms with van der Waals surface area (Å²) >= 11 is 0. The van der Waals surface area contributed by atoms with Crippen molar-refractivity contribution in [2.75, 3.05) is 26.2 Å². The van der Waals surface area contributed by atoms with Crippen LogP contribution >= 0.6 is 0 Å². The van der Waals surface area contributed by atoms with Crippen molar-refractivity contribution >= 4 is 11.8 Å². The van der Waals surface area contributed by atoms with E-state index in [2.05, 4.69) is 13.8 Å². The van der Waals surface area contributed by atoms with E-state index in [0.29, 0.717) is 31.5 Å². The summed E-state index contributed by atoms with van der Waals surface area (Å²) in [6.45, 7) is 5.82. The average Bonchev–Trinajstić information content (AvgIpc) is 3.11. The first-order valence-corrected chi connectivity index (χ1v) is 7.22. The molecule has 0 radical (unpaired) electrons. The van der Waals surface area contributed by atoms with Gasteiger partial charge in [0.1, 0.15) is 0 Å². The Balaban J connectivity index is 1.94. The largest absolute Gasteiger partial charge is 0.395 e. The van der Waals surface area contributed by atoms with Gasteiger partial charge in [0.25, 0.3) is 0 Å². The summed E-state index contributed by atoms with van der Waals surface area (Å²) in [7, 11) is 0. The van der Waals surface area contributed by atoms with E-state index in [1.54, 1.807) is 9.80 Å². The summed E-state index contributed by atoms with van der Waals surface area (Å²) in [5.74, 6) is 0.358. The zero-order valence-electron chi connectivity index (χ0n) is 11.8. The monoisotopic (exact) mass is 268 g/mol. The molecule has 0 aromatic carbocycles. The number of nitrogens with zero attached hydrogens (tertiary/aromatic N) is 2. The fourth-order valence-corrected chi connectivity index (χ4v) is 2.76. The molecule has 19 heavy (non-hydrogen) atoms. The number of carbonyl (C=O) groups excluding carboxylic acids is 2. The fraction of sp³-hybridized carbons (Fsp3) is 0.857. The highest BCUT2D eigenvalue weighted by Gasteiger charge is 2.40. The van der Waals surface area contributed by atoms with Crippen molar-refractivity contribution < 1.29 is 14.7 Å². The van der Waals surface area contributed by atoms with Crippen molar-refractivity contribution in [3.8, 4) is 0 Å². The van der Waals surface area contributed by atoms with Gasteiger partial charge >= 0.3 is 0 Å². The van der Waals surface area contributed by atoms with Gasteiger partial charge in [0, 0.05) is 32.1 Å². The van der Waals surface area contributed by atoms with Gasteiger partial charge in [-0.3, -0.25) is 9.59 Å². The molecule has 2 fully saturated rings. The zero-order chi connectivity index (χ0) is 14.0. The number of hydrogen-bond acceptors (Lipinski definition) is 3. The van der Waals surface area contributed by atoms with E-state index in [-0.39, 0.29) is 24.3 Å². The van der Waals surface area contributed by atoms with E-state index in [1.807, 2.05) is 0 Å². The first-order valence-electron chi connectivity index (χ1n) is 7.22. The Hall–Kier alpha value is -1.10. The molecule has 2 amide bonds. The lowest BCUT2D eigenvalue weighted by Crippen LogP contribution is -2.40. The normalized spacial score (nSPS) is 23.3. The molecule has 1 saturated heterocycles. The molecule has 1 saturated carbocycles. The number of hydrogen-bond donors (Lipinski definition) is 1. The predicted octanol–water partition coefficient (Wildman–Crippen LogP) is 0.474. The van der Waals surface area contributed by atoms with Crippen LogP contribution in [0.25, 0.3) is 0 Å². The van der Waals surface area contributed by atoms with Crippen molar-refractivity contribution in [2.45, 2.75) is 39.2 Å². The number of aliphatic hydroxyl groups is 1. The highest BCUT2D eigenvalue weighted by Crippen LogP contribution is 2.30. The molecule has 108 valence electrons. The lowest BCUT2D eigenvalue weighted by Gasteiger charge is -2.25. The van der Waals surface area contributed by atoms with E-state index < -0.39 is 0 Å². The van der Waals surface area contributed by atoms with E-state index in [9.17, 15) is 9.59 Å². The minimum absolute atomic E-state index is 0.00137. The molecule has 0 aromatic heterocycles. The Morgan fingerprint density at radius 1 is 1.47 bits per heavy atom. The van der Waals surface area contributed by atoms with Gasteiger partial charge in [0.05, 0.1) is 12.5 Å². The quantitative estimate of drug-likeness (QED) is 0.762. The standard InChI is InChI=1S/C14H24N2O3/c1-10(2)8-15-9-11(7-13(15)18)14(19)16(5-6-17)12-3-4-12/h10-12,17H,3-9H2,1-2H3. The van der Waals surface area contributed by atoms with Crippen molar-refractivity contribution in [3.05, 3.63) is 0 Å². The summed E-state index contributed by atoms with van der Waals surface area (Å²) in [5.41, 5.74) is 0. The van der Waals surface area contributed by atoms with Gasteiger partial charge in [-0.15, -0.1) is 0 Å². The maximum Gasteiger partial charge on any atom is 0.228 e. The molecule has 1 unspecified atom stereocenters. The minimum atomic E-state index is -0.210. The summed E-state index contributed by atoms with van der Waals surface area (Å²) in [5, 5.41) is 9.06. The lowest BCUT2D eigenvalue weighted by molar-refractivity contribution is -0.136. The number of likely N-dealkylation sites (tertiary alicyclic amines) is 1. The molecule has 2 aliphatic rings. The van der Waals surface area contributed by atoms with Crippen LogP contribution in [0, 0.1) is 11.8 Å². The van der Waals surface area contributed by atoms with Crippen LogP contribution < -0.4 is 0 Å². The Bertz CT molecular complexity index is 353. The molecule has 2 rings (SSSR count). The lowest BCUT2D eigenvalue weighted by atomic mass is 10.1. The molecule has 0 bridgehead atoms. The average molecular weight is 268 g/mol. The third-order valence-electron chi connectivity index (χ3n) is 3.76. The van der Waals surface area contributed by atoms with Gasteiger partial charge in [-0.2, -0.15) is 0 Å². The Morgan fingerprint density at radius 2 is 2.16 bits per heavy atom. The number of carbonyl (C=O) groups is 2. The Morgan fingerprint density at radius 3 is 2.68 bits per heavy atom. The van der Waals surface area contributed by atoms with Crippen LogP contribution in [0.2, 0.25) is 0 Å². The molecule has 1 heterocycles. The second-order valence-corrected chi connectivity index (χ2v) is 6.08. The van der Waals surface area contributed by atoms with Crippen molar-refractivity contribution in [3.63, 3.8) is 0 Å². The van der Waals surface area contributed by atoms with Crippen molar-refractivity contribution in [1.29, 1.82) is 0 Å². The number of aliphatic hydroxyl groups excluding tert-OH is 1. The zero-order valence-corrected chi connectivity index (χ0v) is 11.8. The number of rotatable bonds is 6. The van der Waals surface area contributed by atoms with Crippen LogP contribution in [-0.4, -0.2) is 59.0 Å². The predicted molar refractivity (Wildman–Crippen MR) is 71.3 cm³/mol. The second kappa shape index (κ2) is 5.90. The molecule has 0 aromatic rings. The Labute approximate surface area is 114 Å². The van der Waals surface area contributed by atoms with Crippen LogP contribution in [0.3, 0.4) is 0 Å². The van der Waals surface area contributed by atoms with Gasteiger partial charge in [-0.05, 0) is 18.8 Å². The van der Waals surface area contributed by atoms with E-state index in [1.165, 1.54) is 0 Å². The SMILES string of the molecule is CC(C)CN1CC(C(=O)N(CCO)C2CC2)CC1=O. The fourth-order valence-electron chi connectivity index (χ4n) is 2.76. The summed E-state index contributed by atoms with van der Waals surface area (Å²) in [4.78, 5) is 27.9. The van der Waals surface area contributed by atoms with Gasteiger partial charge in [-0.25, -0.2) is 0 Å². The van der Waals surface area contributed by atoms with Crippen LogP contribution in [0.15, 0.2) is 0 Å². The highest BCUT2D eigenvalue weighted by atomic mass is 16.3. The number of amides is 2. The van der Waals surface area contributed by atoms with Gasteiger partial charge in [-0.1, -0.05) is 13.8 Å². The molecular weight excluding hydrogens is 244 g/mol. The smallest absolute Gasteiger partial charge is 0.228 e. The third-order valence-corrected chi connectivity index (χ3v) is 3.76. The maximum atomic E-state index is 12.4. The van der Waals surface area contributed by atoms with Gasteiger partial charge in [0.15, 0.2) is 0 Å². The molecule has 5 nitrogen and oxygen atoms in total. The summed E-state index contributed by atoms with van der Waals surface area (Å²) in [6, 6.07) is 0.300. The molecule has 0 spiro atoms. The summed E-state index contributed by atoms with van der Waals surface area (Å²) in [6.07, 6.45) is 2.39. The van der Waals surface area contributed by atoms with Crippen LogP contribution in [0.1, 0.15) is 33.1 Å². The third kappa shape index (κ3) is 3.47. The second-order valence-electron chi connectivity index (χ2n) is 6.08. The van der Waals surface area contributed by atoms with Crippen LogP contribution in [0.5, 0.6) is 0 Å². The molecule has 5 heteroatoms. The first-order chi connectivity index (χ1) is 9.02. The molecule has 1 N–H and O–H groups in total. The Kier molecular flexibility index (Phi) is 4.45. The van der Waals surface area contributed by atoms with E-state index >= 15 is 0 Å².